The zero-order chi connectivity index (χ0) is 17.2. The second-order valence-electron chi connectivity index (χ2n) is 6.04. The number of aromatic nitrogens is 4. The maximum Gasteiger partial charge on any atom is 0.163 e. The summed E-state index contributed by atoms with van der Waals surface area (Å²) in [4.78, 5) is 17.3. The fraction of sp³-hybridized carbons (Fsp3) is 0.211. The molecule has 0 radical (unpaired) electrons. The Morgan fingerprint density at radius 2 is 1.92 bits per heavy atom. The molecule has 0 fully saturated rings. The molecule has 25 heavy (non-hydrogen) atoms. The van der Waals surface area contributed by atoms with E-state index in [1.807, 2.05) is 44.2 Å². The first kappa shape index (κ1) is 15.8. The lowest BCUT2D eigenvalue weighted by atomic mass is 10.2. The van der Waals surface area contributed by atoms with E-state index in [9.17, 15) is 0 Å². The van der Waals surface area contributed by atoms with Crippen molar-refractivity contribution in [3.8, 4) is 11.4 Å². The van der Waals surface area contributed by atoms with Crippen LogP contribution in [-0.2, 0) is 6.42 Å². The van der Waals surface area contributed by atoms with Crippen molar-refractivity contribution in [2.75, 3.05) is 11.9 Å². The summed E-state index contributed by atoms with van der Waals surface area (Å²) < 4.78 is 0. The van der Waals surface area contributed by atoms with E-state index < -0.39 is 0 Å². The highest BCUT2D eigenvalue weighted by Gasteiger charge is 2.11. The standard InChI is InChI=1S/C19H19N5S/c1-12-10-15-18(20-9-8-16-21-13(2)11-25-16)23-17(24-19(15)22-12)14-6-4-3-5-7-14/h3-7,10-11H,8-9H2,1-2H3,(H2,20,22,23,24). The molecule has 4 rings (SSSR count). The Labute approximate surface area is 150 Å². The number of hydrogen-bond donors (Lipinski definition) is 2. The second-order valence-corrected chi connectivity index (χ2v) is 6.98. The molecule has 3 aromatic heterocycles. The van der Waals surface area contributed by atoms with E-state index >= 15 is 0 Å². The topological polar surface area (TPSA) is 66.5 Å². The Morgan fingerprint density at radius 1 is 1.08 bits per heavy atom. The summed E-state index contributed by atoms with van der Waals surface area (Å²) in [6, 6.07) is 12.1. The molecule has 0 atom stereocenters. The highest BCUT2D eigenvalue weighted by Crippen LogP contribution is 2.25. The van der Waals surface area contributed by atoms with E-state index in [-0.39, 0.29) is 0 Å². The molecule has 2 N–H and O–H groups in total. The Hall–Kier alpha value is -2.73. The summed E-state index contributed by atoms with van der Waals surface area (Å²) in [5.74, 6) is 1.59. The summed E-state index contributed by atoms with van der Waals surface area (Å²) in [6.45, 7) is 4.85. The SMILES string of the molecule is Cc1csc(CCNc2nc(-c3ccccc3)nc3[nH]c(C)cc23)n1. The van der Waals surface area contributed by atoms with Gasteiger partial charge in [0.15, 0.2) is 5.82 Å². The molecule has 4 aromatic rings. The van der Waals surface area contributed by atoms with Crippen LogP contribution in [0.15, 0.2) is 41.8 Å². The van der Waals surface area contributed by atoms with Gasteiger partial charge in [0.25, 0.3) is 0 Å². The Bertz CT molecular complexity index is 1000. The van der Waals surface area contributed by atoms with Crippen molar-refractivity contribution in [3.63, 3.8) is 0 Å². The van der Waals surface area contributed by atoms with Gasteiger partial charge in [-0.2, -0.15) is 0 Å². The molecule has 0 amide bonds. The van der Waals surface area contributed by atoms with E-state index in [1.54, 1.807) is 11.3 Å². The zero-order valence-corrected chi connectivity index (χ0v) is 15.0. The third-order valence-corrected chi connectivity index (χ3v) is 4.98. The van der Waals surface area contributed by atoms with Crippen molar-refractivity contribution in [1.29, 1.82) is 0 Å². The van der Waals surface area contributed by atoms with Crippen LogP contribution in [0.25, 0.3) is 22.4 Å². The van der Waals surface area contributed by atoms with Gasteiger partial charge < -0.3 is 10.3 Å². The predicted molar refractivity (Wildman–Crippen MR) is 103 cm³/mol. The number of fused-ring (bicyclic) bond motifs is 1. The van der Waals surface area contributed by atoms with E-state index in [1.165, 1.54) is 0 Å². The lowest BCUT2D eigenvalue weighted by Gasteiger charge is -2.08. The van der Waals surface area contributed by atoms with Crippen LogP contribution >= 0.6 is 11.3 Å². The van der Waals surface area contributed by atoms with E-state index in [2.05, 4.69) is 31.7 Å². The fourth-order valence-corrected chi connectivity index (χ4v) is 3.57. The highest BCUT2D eigenvalue weighted by molar-refractivity contribution is 7.09. The molecule has 0 bridgehead atoms. The molecule has 0 spiro atoms. The highest BCUT2D eigenvalue weighted by atomic mass is 32.1. The average molecular weight is 349 g/mol. The van der Waals surface area contributed by atoms with Gasteiger partial charge in [0.2, 0.25) is 0 Å². The van der Waals surface area contributed by atoms with Gasteiger partial charge in [-0.15, -0.1) is 11.3 Å². The average Bonchev–Trinajstić information content (AvgIpc) is 3.20. The minimum atomic E-state index is 0.725. The van der Waals surface area contributed by atoms with Crippen LogP contribution in [-0.4, -0.2) is 26.5 Å². The maximum atomic E-state index is 4.76. The van der Waals surface area contributed by atoms with Crippen molar-refractivity contribution in [2.45, 2.75) is 20.3 Å². The molecular formula is C19H19N5S. The van der Waals surface area contributed by atoms with Crippen molar-refractivity contribution < 1.29 is 0 Å². The van der Waals surface area contributed by atoms with Gasteiger partial charge in [-0.3, -0.25) is 0 Å². The first-order valence-corrected chi connectivity index (χ1v) is 9.14. The number of aryl methyl sites for hydroxylation is 2. The largest absolute Gasteiger partial charge is 0.369 e. The van der Waals surface area contributed by atoms with Gasteiger partial charge in [0.1, 0.15) is 11.5 Å². The van der Waals surface area contributed by atoms with Crippen LogP contribution < -0.4 is 5.32 Å². The molecule has 6 heteroatoms. The number of aromatic amines is 1. The van der Waals surface area contributed by atoms with Crippen molar-refractivity contribution in [3.05, 3.63) is 58.2 Å². The number of rotatable bonds is 5. The summed E-state index contributed by atoms with van der Waals surface area (Å²) >= 11 is 1.70. The zero-order valence-electron chi connectivity index (χ0n) is 14.2. The van der Waals surface area contributed by atoms with Crippen molar-refractivity contribution in [1.82, 2.24) is 19.9 Å². The van der Waals surface area contributed by atoms with E-state index in [4.69, 9.17) is 4.98 Å². The van der Waals surface area contributed by atoms with Gasteiger partial charge in [-0.25, -0.2) is 15.0 Å². The first-order valence-electron chi connectivity index (χ1n) is 8.27. The van der Waals surface area contributed by atoms with E-state index in [0.717, 1.165) is 57.6 Å². The Balaban J connectivity index is 1.64. The Kier molecular flexibility index (Phi) is 4.19. The number of anilines is 1. The summed E-state index contributed by atoms with van der Waals surface area (Å²) in [5.41, 5.74) is 4.03. The molecule has 3 heterocycles. The minimum Gasteiger partial charge on any atom is -0.369 e. The number of H-pyrrole nitrogens is 1. The molecular weight excluding hydrogens is 330 g/mol. The maximum absolute atomic E-state index is 4.76. The van der Waals surface area contributed by atoms with Crippen LogP contribution in [0.1, 0.15) is 16.4 Å². The molecule has 126 valence electrons. The molecule has 0 aliphatic carbocycles. The summed E-state index contributed by atoms with van der Waals surface area (Å²) in [6.07, 6.45) is 0.883. The number of hydrogen-bond acceptors (Lipinski definition) is 5. The molecule has 0 saturated carbocycles. The first-order chi connectivity index (χ1) is 12.2. The number of thiazole rings is 1. The monoisotopic (exact) mass is 349 g/mol. The number of nitrogens with one attached hydrogen (secondary N) is 2. The molecule has 0 unspecified atom stereocenters. The lowest BCUT2D eigenvalue weighted by molar-refractivity contribution is 0.978. The third-order valence-electron chi connectivity index (χ3n) is 3.95. The Morgan fingerprint density at radius 3 is 2.68 bits per heavy atom. The number of nitrogens with zero attached hydrogens (tertiary/aromatic N) is 3. The molecule has 0 aliphatic heterocycles. The molecule has 0 aliphatic rings. The van der Waals surface area contributed by atoms with Crippen molar-refractivity contribution in [2.24, 2.45) is 0 Å². The van der Waals surface area contributed by atoms with Crippen molar-refractivity contribution >= 4 is 28.2 Å². The minimum absolute atomic E-state index is 0.725. The van der Waals surface area contributed by atoms with Crippen LogP contribution in [0.3, 0.4) is 0 Å². The predicted octanol–water partition coefficient (Wildman–Crippen LogP) is 4.35. The molecule has 5 nitrogen and oxygen atoms in total. The van der Waals surface area contributed by atoms with Gasteiger partial charge in [0, 0.05) is 35.3 Å². The van der Waals surface area contributed by atoms with Crippen LogP contribution in [0.5, 0.6) is 0 Å². The quantitative estimate of drug-likeness (QED) is 0.562. The molecule has 0 saturated heterocycles. The normalized spacial score (nSPS) is 11.1. The molecule has 1 aromatic carbocycles. The summed E-state index contributed by atoms with van der Waals surface area (Å²) in [7, 11) is 0. The smallest absolute Gasteiger partial charge is 0.163 e. The van der Waals surface area contributed by atoms with Gasteiger partial charge in [-0.1, -0.05) is 30.3 Å². The van der Waals surface area contributed by atoms with Gasteiger partial charge >= 0.3 is 0 Å². The van der Waals surface area contributed by atoms with Gasteiger partial charge in [0.05, 0.1) is 10.4 Å². The van der Waals surface area contributed by atoms with Crippen LogP contribution in [0.4, 0.5) is 5.82 Å². The van der Waals surface area contributed by atoms with E-state index in [0.29, 0.717) is 0 Å². The lowest BCUT2D eigenvalue weighted by Crippen LogP contribution is -2.07. The van der Waals surface area contributed by atoms with Crippen LogP contribution in [0.2, 0.25) is 0 Å². The third kappa shape index (κ3) is 3.39. The second kappa shape index (κ2) is 6.64. The van der Waals surface area contributed by atoms with Gasteiger partial charge in [-0.05, 0) is 19.9 Å². The summed E-state index contributed by atoms with van der Waals surface area (Å²) in [5, 5.41) is 7.71. The fourth-order valence-electron chi connectivity index (χ4n) is 2.80. The van der Waals surface area contributed by atoms with Crippen LogP contribution in [0, 0.1) is 13.8 Å². The number of benzene rings is 1.